The minimum Gasteiger partial charge on any atom is -0.492 e. The van der Waals surface area contributed by atoms with Gasteiger partial charge in [-0.1, -0.05) is 30.3 Å². The zero-order chi connectivity index (χ0) is 31.1. The van der Waals surface area contributed by atoms with Crippen LogP contribution in [0.4, 0.5) is 18.0 Å². The highest BCUT2D eigenvalue weighted by atomic mass is 19.4. The van der Waals surface area contributed by atoms with Crippen LogP contribution in [0.2, 0.25) is 0 Å². The maximum Gasteiger partial charge on any atom is 0.415 e. The highest BCUT2D eigenvalue weighted by Crippen LogP contribution is 2.24. The smallest absolute Gasteiger partial charge is 0.415 e. The van der Waals surface area contributed by atoms with Gasteiger partial charge >= 0.3 is 18.2 Å². The largest absolute Gasteiger partial charge is 0.492 e. The van der Waals surface area contributed by atoms with Crippen molar-refractivity contribution in [1.29, 1.82) is 0 Å². The lowest BCUT2D eigenvalue weighted by atomic mass is 10.1. The molecule has 0 aliphatic rings. The molecule has 3 aromatic rings. The van der Waals surface area contributed by atoms with Gasteiger partial charge in [-0.3, -0.25) is 0 Å². The molecule has 3 aromatic carbocycles. The Hall–Kier alpha value is -4.29. The molecule has 232 valence electrons. The predicted molar refractivity (Wildman–Crippen MR) is 151 cm³/mol. The SMILES string of the molecule is CCOC(Cc1ccc(OCCN(CCCOCC(F)(F)F)C(=O)Oc2ccc(Oc3ccccc3)cc2)cc1)C(=O)O. The van der Waals surface area contributed by atoms with Gasteiger partial charge in [0.15, 0.2) is 6.10 Å². The molecule has 0 saturated heterocycles. The van der Waals surface area contributed by atoms with Gasteiger partial charge in [0.2, 0.25) is 0 Å². The van der Waals surface area contributed by atoms with Crippen LogP contribution in [0.15, 0.2) is 78.9 Å². The average Bonchev–Trinajstić information content (AvgIpc) is 2.97. The molecule has 1 atom stereocenters. The Morgan fingerprint density at radius 2 is 1.47 bits per heavy atom. The van der Waals surface area contributed by atoms with E-state index in [1.807, 2.05) is 18.2 Å². The van der Waals surface area contributed by atoms with E-state index in [9.17, 15) is 27.9 Å². The number of hydrogen-bond donors (Lipinski definition) is 1. The number of ether oxygens (including phenoxy) is 5. The Morgan fingerprint density at radius 3 is 2.09 bits per heavy atom. The summed E-state index contributed by atoms with van der Waals surface area (Å²) in [5.74, 6) is 0.889. The second-order valence-electron chi connectivity index (χ2n) is 9.24. The van der Waals surface area contributed by atoms with Gasteiger partial charge in [0.1, 0.15) is 36.2 Å². The number of benzene rings is 3. The quantitative estimate of drug-likeness (QED) is 0.177. The van der Waals surface area contributed by atoms with E-state index < -0.39 is 30.9 Å². The molecule has 12 heteroatoms. The molecule has 0 bridgehead atoms. The molecule has 0 saturated carbocycles. The number of amides is 1. The Kier molecular flexibility index (Phi) is 13.1. The van der Waals surface area contributed by atoms with E-state index in [1.165, 1.54) is 4.90 Å². The molecule has 0 spiro atoms. The summed E-state index contributed by atoms with van der Waals surface area (Å²) >= 11 is 0. The molecule has 1 N–H and O–H groups in total. The summed E-state index contributed by atoms with van der Waals surface area (Å²) in [6.07, 6.45) is -5.76. The first-order valence-corrected chi connectivity index (χ1v) is 13.6. The molecule has 0 aliphatic heterocycles. The van der Waals surface area contributed by atoms with Crippen LogP contribution >= 0.6 is 0 Å². The van der Waals surface area contributed by atoms with Crippen molar-refractivity contribution in [2.24, 2.45) is 0 Å². The number of carbonyl (C=O) groups excluding carboxylic acids is 1. The summed E-state index contributed by atoms with van der Waals surface area (Å²) in [6, 6.07) is 22.4. The number of aliphatic carboxylic acids is 1. The van der Waals surface area contributed by atoms with Crippen molar-refractivity contribution >= 4 is 12.1 Å². The van der Waals surface area contributed by atoms with Crippen molar-refractivity contribution in [3.05, 3.63) is 84.4 Å². The number of halogens is 3. The van der Waals surface area contributed by atoms with Crippen LogP contribution in [-0.4, -0.2) is 73.9 Å². The van der Waals surface area contributed by atoms with E-state index in [4.69, 9.17) is 18.9 Å². The summed E-state index contributed by atoms with van der Waals surface area (Å²) in [5.41, 5.74) is 0.748. The van der Waals surface area contributed by atoms with E-state index in [-0.39, 0.29) is 51.5 Å². The van der Waals surface area contributed by atoms with Crippen LogP contribution < -0.4 is 14.2 Å². The topological polar surface area (TPSA) is 104 Å². The van der Waals surface area contributed by atoms with Gasteiger partial charge < -0.3 is 33.7 Å². The lowest BCUT2D eigenvalue weighted by molar-refractivity contribution is -0.174. The summed E-state index contributed by atoms with van der Waals surface area (Å²) < 4.78 is 64.0. The number of nitrogens with zero attached hydrogens (tertiary/aromatic N) is 1. The number of rotatable bonds is 17. The maximum atomic E-state index is 12.9. The number of carboxylic acid groups (broad SMARTS) is 1. The Morgan fingerprint density at radius 1 is 0.837 bits per heavy atom. The van der Waals surface area contributed by atoms with Gasteiger partial charge in [-0.05, 0) is 67.4 Å². The fraction of sp³-hybridized carbons (Fsp3) is 0.355. The number of alkyl halides is 3. The van der Waals surface area contributed by atoms with E-state index >= 15 is 0 Å². The third-order valence-corrected chi connectivity index (χ3v) is 5.87. The van der Waals surface area contributed by atoms with E-state index in [2.05, 4.69) is 4.74 Å². The van der Waals surface area contributed by atoms with Crippen LogP contribution in [0.25, 0.3) is 0 Å². The summed E-state index contributed by atoms with van der Waals surface area (Å²) in [6.45, 7) is 0.655. The zero-order valence-corrected chi connectivity index (χ0v) is 23.6. The Balaban J connectivity index is 1.55. The van der Waals surface area contributed by atoms with E-state index in [0.717, 1.165) is 5.56 Å². The van der Waals surface area contributed by atoms with Crippen LogP contribution in [0.1, 0.15) is 18.9 Å². The molecule has 0 aromatic heterocycles. The lowest BCUT2D eigenvalue weighted by Crippen LogP contribution is -2.38. The van der Waals surface area contributed by atoms with Gasteiger partial charge in [0, 0.05) is 26.2 Å². The van der Waals surface area contributed by atoms with Crippen molar-refractivity contribution in [1.82, 2.24) is 4.90 Å². The van der Waals surface area contributed by atoms with E-state index in [1.54, 1.807) is 67.6 Å². The molecule has 43 heavy (non-hydrogen) atoms. The van der Waals surface area contributed by atoms with Gasteiger partial charge in [0.25, 0.3) is 0 Å². The fourth-order valence-corrected chi connectivity index (χ4v) is 3.83. The molecule has 3 rings (SSSR count). The predicted octanol–water partition coefficient (Wildman–Crippen LogP) is 6.36. The summed E-state index contributed by atoms with van der Waals surface area (Å²) in [5, 5.41) is 9.26. The van der Waals surface area contributed by atoms with Crippen LogP contribution in [0.5, 0.6) is 23.0 Å². The molecule has 0 aliphatic carbocycles. The number of hydrogen-bond acceptors (Lipinski definition) is 7. The molecule has 1 amide bonds. The standard InChI is InChI=1S/C31H34F3NO8/c1-2-40-28(29(36)37)21-23-9-11-24(12-10-23)41-20-18-35(17-6-19-39-22-31(32,33)34)30(38)43-27-15-13-26(14-16-27)42-25-7-4-3-5-8-25/h3-5,7-16,28H,2,6,17-22H2,1H3,(H,36,37). The Labute approximate surface area is 247 Å². The minimum atomic E-state index is -4.43. The van der Waals surface area contributed by atoms with Crippen LogP contribution in [0, 0.1) is 0 Å². The first kappa shape index (κ1) is 33.2. The first-order chi connectivity index (χ1) is 20.6. The molecule has 1 unspecified atom stereocenters. The second-order valence-corrected chi connectivity index (χ2v) is 9.24. The summed E-state index contributed by atoms with van der Waals surface area (Å²) in [7, 11) is 0. The third-order valence-electron chi connectivity index (χ3n) is 5.87. The van der Waals surface area contributed by atoms with Crippen molar-refractivity contribution in [3.63, 3.8) is 0 Å². The lowest BCUT2D eigenvalue weighted by Gasteiger charge is -2.22. The van der Waals surface area contributed by atoms with Crippen LogP contribution in [-0.2, 0) is 20.7 Å². The first-order valence-electron chi connectivity index (χ1n) is 13.6. The van der Waals surface area contributed by atoms with Crippen LogP contribution in [0.3, 0.4) is 0 Å². The van der Waals surface area contributed by atoms with Gasteiger partial charge in [0.05, 0.1) is 6.54 Å². The van der Waals surface area contributed by atoms with Gasteiger partial charge in [-0.15, -0.1) is 0 Å². The average molecular weight is 606 g/mol. The Bertz CT molecular complexity index is 1250. The molecule has 0 fully saturated rings. The molecular weight excluding hydrogens is 571 g/mol. The third kappa shape index (κ3) is 12.6. The highest BCUT2D eigenvalue weighted by Gasteiger charge is 2.27. The molecule has 0 heterocycles. The van der Waals surface area contributed by atoms with E-state index in [0.29, 0.717) is 17.2 Å². The molecule has 9 nitrogen and oxygen atoms in total. The maximum absolute atomic E-state index is 12.9. The van der Waals surface area contributed by atoms with Gasteiger partial charge in [-0.25, -0.2) is 9.59 Å². The van der Waals surface area contributed by atoms with Crippen molar-refractivity contribution in [2.75, 3.05) is 39.5 Å². The summed E-state index contributed by atoms with van der Waals surface area (Å²) in [4.78, 5) is 25.6. The highest BCUT2D eigenvalue weighted by molar-refractivity contribution is 5.72. The van der Waals surface area contributed by atoms with Crippen molar-refractivity contribution < 1.29 is 51.6 Å². The second kappa shape index (κ2) is 17.0. The normalized spacial score (nSPS) is 11.9. The number of carboxylic acids is 1. The van der Waals surface area contributed by atoms with Crippen molar-refractivity contribution in [2.45, 2.75) is 32.0 Å². The van der Waals surface area contributed by atoms with Gasteiger partial charge in [-0.2, -0.15) is 13.2 Å². The molecule has 0 radical (unpaired) electrons. The monoisotopic (exact) mass is 605 g/mol. The number of carbonyl (C=O) groups is 2. The molecular formula is C31H34F3NO8. The number of para-hydroxylation sites is 1. The zero-order valence-electron chi connectivity index (χ0n) is 23.6. The fourth-order valence-electron chi connectivity index (χ4n) is 3.83. The minimum absolute atomic E-state index is 0.0679. The van der Waals surface area contributed by atoms with Crippen molar-refractivity contribution in [3.8, 4) is 23.0 Å².